The van der Waals surface area contributed by atoms with Gasteiger partial charge in [-0.3, -0.25) is 14.2 Å². The number of carboxylic acid groups (broad SMARTS) is 2. The Kier molecular flexibility index (Phi) is 4.40. The topological polar surface area (TPSA) is 109 Å². The molecule has 2 N–H and O–H groups in total. The van der Waals surface area contributed by atoms with E-state index in [0.717, 1.165) is 17.7 Å². The first kappa shape index (κ1) is 17.6. The van der Waals surface area contributed by atoms with Crippen LogP contribution in [0.25, 0.3) is 10.2 Å². The highest BCUT2D eigenvalue weighted by molar-refractivity contribution is 7.18. The summed E-state index contributed by atoms with van der Waals surface area (Å²) in [5.74, 6) is -2.52. The van der Waals surface area contributed by atoms with E-state index in [1.165, 1.54) is 22.8 Å². The van der Waals surface area contributed by atoms with Gasteiger partial charge in [0.2, 0.25) is 0 Å². The van der Waals surface area contributed by atoms with Gasteiger partial charge in [0, 0.05) is 10.8 Å². The van der Waals surface area contributed by atoms with Gasteiger partial charge in [-0.1, -0.05) is 13.8 Å². The van der Waals surface area contributed by atoms with E-state index in [1.54, 1.807) is 0 Å². The molecule has 8 heteroatoms. The smallest absolute Gasteiger partial charge is 0.326 e. The standard InChI is InChI=1S/C17H20N2O5S/c1-7(2)13-18-14-12(15(20)19(13)8(3)16(21)22)11-9(17(23)24)5-4-6-10(11)25-14/h7-9H,4-6H2,1-3H3,(H,21,22)(H,23,24). The Morgan fingerprint density at radius 1 is 1.28 bits per heavy atom. The molecule has 2 aromatic heterocycles. The van der Waals surface area contributed by atoms with Crippen molar-refractivity contribution in [2.45, 2.75) is 57.9 Å². The molecule has 2 unspecified atom stereocenters. The minimum absolute atomic E-state index is 0.131. The fraction of sp³-hybridized carbons (Fsp3) is 0.529. The predicted molar refractivity (Wildman–Crippen MR) is 93.6 cm³/mol. The van der Waals surface area contributed by atoms with Crippen LogP contribution in [0.5, 0.6) is 0 Å². The minimum atomic E-state index is -1.12. The Balaban J connectivity index is 2.40. The summed E-state index contributed by atoms with van der Waals surface area (Å²) < 4.78 is 1.20. The van der Waals surface area contributed by atoms with Gasteiger partial charge in [-0.05, 0) is 31.7 Å². The van der Waals surface area contributed by atoms with Gasteiger partial charge >= 0.3 is 11.9 Å². The first-order valence-electron chi connectivity index (χ1n) is 8.27. The fourth-order valence-corrected chi connectivity index (χ4v) is 4.72. The molecular formula is C17H20N2O5S. The highest BCUT2D eigenvalue weighted by Crippen LogP contribution is 2.41. The van der Waals surface area contributed by atoms with E-state index in [4.69, 9.17) is 0 Å². The number of aryl methyl sites for hydroxylation is 1. The van der Waals surface area contributed by atoms with E-state index in [9.17, 15) is 24.6 Å². The van der Waals surface area contributed by atoms with Crippen LogP contribution in [0.2, 0.25) is 0 Å². The van der Waals surface area contributed by atoms with Gasteiger partial charge in [0.15, 0.2) is 0 Å². The number of rotatable bonds is 4. The molecular weight excluding hydrogens is 344 g/mol. The van der Waals surface area contributed by atoms with E-state index in [-0.39, 0.29) is 11.3 Å². The fourth-order valence-electron chi connectivity index (χ4n) is 3.45. The van der Waals surface area contributed by atoms with Crippen molar-refractivity contribution in [2.24, 2.45) is 0 Å². The highest BCUT2D eigenvalue weighted by atomic mass is 32.1. The summed E-state index contributed by atoms with van der Waals surface area (Å²) in [6.07, 6.45) is 1.96. The lowest BCUT2D eigenvalue weighted by Crippen LogP contribution is -2.33. The minimum Gasteiger partial charge on any atom is -0.481 e. The number of carboxylic acids is 2. The van der Waals surface area contributed by atoms with Crippen LogP contribution in [-0.4, -0.2) is 31.7 Å². The van der Waals surface area contributed by atoms with Crippen molar-refractivity contribution < 1.29 is 19.8 Å². The lowest BCUT2D eigenvalue weighted by molar-refractivity contribution is -0.141. The van der Waals surface area contributed by atoms with Crippen LogP contribution in [0.4, 0.5) is 0 Å². The number of nitrogens with zero attached hydrogens (tertiary/aromatic N) is 2. The first-order valence-corrected chi connectivity index (χ1v) is 9.09. The maximum absolute atomic E-state index is 13.2. The Morgan fingerprint density at radius 3 is 2.52 bits per heavy atom. The average Bonchev–Trinajstić information content (AvgIpc) is 2.92. The van der Waals surface area contributed by atoms with Crippen LogP contribution < -0.4 is 5.56 Å². The van der Waals surface area contributed by atoms with Crippen LogP contribution in [0.1, 0.15) is 67.8 Å². The van der Waals surface area contributed by atoms with Crippen molar-refractivity contribution in [2.75, 3.05) is 0 Å². The van der Waals surface area contributed by atoms with Crippen LogP contribution in [0.3, 0.4) is 0 Å². The molecule has 0 aromatic carbocycles. The zero-order valence-electron chi connectivity index (χ0n) is 14.3. The predicted octanol–water partition coefficient (Wildman–Crippen LogP) is 2.73. The molecule has 7 nitrogen and oxygen atoms in total. The molecule has 0 amide bonds. The molecule has 1 aliphatic carbocycles. The summed E-state index contributed by atoms with van der Waals surface area (Å²) in [7, 11) is 0. The maximum atomic E-state index is 13.2. The summed E-state index contributed by atoms with van der Waals surface area (Å²) in [6, 6.07) is -1.07. The SMILES string of the molecule is CC(C)c1nc2sc3c(c2c(=O)n1C(C)C(=O)O)C(C(=O)O)CCC3. The molecule has 0 radical (unpaired) electrons. The number of fused-ring (bicyclic) bond motifs is 3. The zero-order chi connectivity index (χ0) is 18.5. The van der Waals surface area contributed by atoms with Crippen molar-refractivity contribution in [1.29, 1.82) is 0 Å². The van der Waals surface area contributed by atoms with Crippen molar-refractivity contribution in [3.05, 3.63) is 26.6 Å². The van der Waals surface area contributed by atoms with Crippen molar-refractivity contribution in [1.82, 2.24) is 9.55 Å². The third-order valence-electron chi connectivity index (χ3n) is 4.70. The van der Waals surface area contributed by atoms with Gasteiger partial charge in [-0.2, -0.15) is 0 Å². The van der Waals surface area contributed by atoms with Crippen molar-refractivity contribution in [3.8, 4) is 0 Å². The lowest BCUT2D eigenvalue weighted by Gasteiger charge is -2.20. The molecule has 25 heavy (non-hydrogen) atoms. The second-order valence-corrected chi connectivity index (χ2v) is 7.80. The van der Waals surface area contributed by atoms with E-state index in [2.05, 4.69) is 4.98 Å². The number of aromatic nitrogens is 2. The maximum Gasteiger partial charge on any atom is 0.326 e. The number of carbonyl (C=O) groups is 2. The third-order valence-corrected chi connectivity index (χ3v) is 5.86. The van der Waals surface area contributed by atoms with Gasteiger partial charge in [0.1, 0.15) is 16.7 Å². The second-order valence-electron chi connectivity index (χ2n) is 6.72. The Labute approximate surface area is 147 Å². The second kappa shape index (κ2) is 6.25. The molecule has 2 heterocycles. The molecule has 0 saturated carbocycles. The van der Waals surface area contributed by atoms with Crippen LogP contribution >= 0.6 is 11.3 Å². The first-order chi connectivity index (χ1) is 11.7. The number of aliphatic carboxylic acids is 2. The Morgan fingerprint density at radius 2 is 1.96 bits per heavy atom. The highest BCUT2D eigenvalue weighted by Gasteiger charge is 2.33. The van der Waals surface area contributed by atoms with Crippen molar-refractivity contribution >= 4 is 33.5 Å². The number of thiophene rings is 1. The lowest BCUT2D eigenvalue weighted by atomic mass is 9.86. The van der Waals surface area contributed by atoms with Gasteiger partial charge in [-0.25, -0.2) is 9.78 Å². The number of hydrogen-bond acceptors (Lipinski definition) is 5. The van der Waals surface area contributed by atoms with E-state index < -0.39 is 29.5 Å². The monoisotopic (exact) mass is 364 g/mol. The molecule has 1 aliphatic rings. The third kappa shape index (κ3) is 2.74. The Hall–Kier alpha value is -2.22. The van der Waals surface area contributed by atoms with Crippen molar-refractivity contribution in [3.63, 3.8) is 0 Å². The van der Waals surface area contributed by atoms with E-state index >= 15 is 0 Å². The molecule has 134 valence electrons. The summed E-state index contributed by atoms with van der Waals surface area (Å²) in [5.41, 5.74) is 0.0899. The van der Waals surface area contributed by atoms with Gasteiger partial charge in [0.25, 0.3) is 5.56 Å². The summed E-state index contributed by atoms with van der Waals surface area (Å²) in [4.78, 5) is 42.3. The van der Waals surface area contributed by atoms with Gasteiger partial charge in [0.05, 0.1) is 11.3 Å². The largest absolute Gasteiger partial charge is 0.481 e. The molecule has 0 bridgehead atoms. The molecule has 0 fully saturated rings. The van der Waals surface area contributed by atoms with E-state index in [0.29, 0.717) is 22.6 Å². The molecule has 0 aliphatic heterocycles. The molecule has 2 atom stereocenters. The van der Waals surface area contributed by atoms with Gasteiger partial charge < -0.3 is 10.2 Å². The molecule has 3 rings (SSSR count). The molecule has 2 aromatic rings. The Bertz CT molecular complexity index is 927. The zero-order valence-corrected chi connectivity index (χ0v) is 15.1. The number of hydrogen-bond donors (Lipinski definition) is 2. The summed E-state index contributed by atoms with van der Waals surface area (Å²) >= 11 is 1.36. The van der Waals surface area contributed by atoms with Crippen LogP contribution in [0, 0.1) is 0 Å². The normalized spacial score (nSPS) is 18.3. The summed E-state index contributed by atoms with van der Waals surface area (Å²) in [6.45, 7) is 5.15. The van der Waals surface area contributed by atoms with E-state index in [1.807, 2.05) is 13.8 Å². The van der Waals surface area contributed by atoms with Crippen LogP contribution in [-0.2, 0) is 16.0 Å². The average molecular weight is 364 g/mol. The quantitative estimate of drug-likeness (QED) is 0.863. The van der Waals surface area contributed by atoms with Crippen LogP contribution in [0.15, 0.2) is 4.79 Å². The molecule has 0 spiro atoms. The summed E-state index contributed by atoms with van der Waals surface area (Å²) in [5, 5.41) is 19.2. The molecule has 0 saturated heterocycles. The van der Waals surface area contributed by atoms with Gasteiger partial charge in [-0.15, -0.1) is 11.3 Å².